The summed E-state index contributed by atoms with van der Waals surface area (Å²) in [6.45, 7) is 2.32. The van der Waals surface area contributed by atoms with Crippen molar-refractivity contribution in [3.8, 4) is 17.2 Å². The first-order valence-electron chi connectivity index (χ1n) is 9.33. The molecule has 4 rings (SSSR count). The van der Waals surface area contributed by atoms with Crippen LogP contribution in [0.15, 0.2) is 34.5 Å². The van der Waals surface area contributed by atoms with Gasteiger partial charge in [-0.25, -0.2) is 0 Å². The molecule has 1 spiro atoms. The van der Waals surface area contributed by atoms with Crippen molar-refractivity contribution < 1.29 is 15.3 Å². The predicted octanol–water partition coefficient (Wildman–Crippen LogP) is 4.99. The zero-order valence-electron chi connectivity index (χ0n) is 15.8. The highest BCUT2D eigenvalue weighted by atomic mass is 16.3. The van der Waals surface area contributed by atoms with Gasteiger partial charge in [-0.15, -0.1) is 0 Å². The van der Waals surface area contributed by atoms with Gasteiger partial charge < -0.3 is 15.3 Å². The van der Waals surface area contributed by atoms with Crippen LogP contribution >= 0.6 is 0 Å². The van der Waals surface area contributed by atoms with Crippen LogP contribution < -0.4 is 0 Å². The molecule has 3 unspecified atom stereocenters. The van der Waals surface area contributed by atoms with Gasteiger partial charge in [0.15, 0.2) is 11.5 Å². The maximum absolute atomic E-state index is 10.3. The standard InChI is InChI=1S/C20H20N6O3/c1-10-2-15-13(3-17(10)27)11(8-23-25-21)6-20(15)7-12(9-24-26-22)14-4-18(28)19(29)5-16(14)20/h2-5,11-12,27-29H,6-9H2,1H3. The van der Waals surface area contributed by atoms with E-state index in [1.54, 1.807) is 18.2 Å². The first-order valence-corrected chi connectivity index (χ1v) is 9.33. The summed E-state index contributed by atoms with van der Waals surface area (Å²) in [7, 11) is 0. The molecule has 2 aliphatic rings. The maximum atomic E-state index is 10.3. The molecule has 2 aromatic carbocycles. The van der Waals surface area contributed by atoms with E-state index in [9.17, 15) is 15.3 Å². The second-order valence-corrected chi connectivity index (χ2v) is 7.87. The molecular weight excluding hydrogens is 372 g/mol. The van der Waals surface area contributed by atoms with Crippen LogP contribution in [0.25, 0.3) is 20.9 Å². The fourth-order valence-electron chi connectivity index (χ4n) is 5.14. The Hall–Kier alpha value is -3.54. The molecule has 3 N–H and O–H groups in total. The number of hydrogen-bond donors (Lipinski definition) is 3. The molecule has 9 nitrogen and oxygen atoms in total. The number of aromatic hydroxyl groups is 3. The summed E-state index contributed by atoms with van der Waals surface area (Å²) in [6, 6.07) is 6.81. The molecule has 3 atom stereocenters. The van der Waals surface area contributed by atoms with Gasteiger partial charge in [-0.05, 0) is 88.7 Å². The fraction of sp³-hybridized carbons (Fsp3) is 0.400. The highest BCUT2D eigenvalue weighted by Crippen LogP contribution is 2.61. The Bertz CT molecular complexity index is 1010. The summed E-state index contributed by atoms with van der Waals surface area (Å²) in [5.41, 5.74) is 21.5. The van der Waals surface area contributed by atoms with Gasteiger partial charge in [-0.3, -0.25) is 0 Å². The average Bonchev–Trinajstić information content (AvgIpc) is 3.15. The average molecular weight is 392 g/mol. The second-order valence-electron chi connectivity index (χ2n) is 7.87. The molecular formula is C20H20N6O3. The zero-order chi connectivity index (χ0) is 20.8. The van der Waals surface area contributed by atoms with E-state index >= 15 is 0 Å². The summed E-state index contributed by atoms with van der Waals surface area (Å²) in [6.07, 6.45) is 1.27. The van der Waals surface area contributed by atoms with Gasteiger partial charge in [-0.2, -0.15) is 0 Å². The third-order valence-electron chi connectivity index (χ3n) is 6.35. The zero-order valence-corrected chi connectivity index (χ0v) is 15.8. The van der Waals surface area contributed by atoms with Gasteiger partial charge in [0.1, 0.15) is 5.75 Å². The monoisotopic (exact) mass is 392 g/mol. The maximum Gasteiger partial charge on any atom is 0.157 e. The van der Waals surface area contributed by atoms with Crippen LogP contribution in [-0.4, -0.2) is 28.4 Å². The second kappa shape index (κ2) is 6.81. The van der Waals surface area contributed by atoms with Gasteiger partial charge in [-0.1, -0.05) is 16.3 Å². The smallest absolute Gasteiger partial charge is 0.157 e. The molecule has 0 saturated carbocycles. The minimum absolute atomic E-state index is 0.0885. The minimum atomic E-state index is -0.487. The summed E-state index contributed by atoms with van der Waals surface area (Å²) >= 11 is 0. The van der Waals surface area contributed by atoms with Crippen LogP contribution in [0.5, 0.6) is 17.2 Å². The van der Waals surface area contributed by atoms with Gasteiger partial charge in [0, 0.05) is 28.3 Å². The number of fused-ring (bicyclic) bond motifs is 4. The Morgan fingerprint density at radius 2 is 1.34 bits per heavy atom. The van der Waals surface area contributed by atoms with E-state index in [0.717, 1.165) is 27.8 Å². The molecule has 0 aliphatic heterocycles. The molecule has 0 fully saturated rings. The fourth-order valence-corrected chi connectivity index (χ4v) is 5.14. The van der Waals surface area contributed by atoms with Crippen LogP contribution in [0.3, 0.4) is 0 Å². The van der Waals surface area contributed by atoms with Crippen LogP contribution in [-0.2, 0) is 5.41 Å². The lowest BCUT2D eigenvalue weighted by atomic mass is 9.75. The van der Waals surface area contributed by atoms with Crippen molar-refractivity contribution in [3.63, 3.8) is 0 Å². The molecule has 2 aliphatic carbocycles. The Morgan fingerprint density at radius 1 is 0.862 bits per heavy atom. The molecule has 0 saturated heterocycles. The van der Waals surface area contributed by atoms with Gasteiger partial charge in [0.25, 0.3) is 0 Å². The van der Waals surface area contributed by atoms with Crippen molar-refractivity contribution in [3.05, 3.63) is 73.0 Å². The van der Waals surface area contributed by atoms with E-state index in [-0.39, 0.29) is 42.2 Å². The topological polar surface area (TPSA) is 158 Å². The number of phenolic OH excluding ortho intramolecular Hbond substituents is 3. The Kier molecular flexibility index (Phi) is 4.42. The minimum Gasteiger partial charge on any atom is -0.508 e. The molecule has 9 heteroatoms. The van der Waals surface area contributed by atoms with E-state index in [4.69, 9.17) is 11.1 Å². The third kappa shape index (κ3) is 2.79. The van der Waals surface area contributed by atoms with E-state index in [1.165, 1.54) is 0 Å². The van der Waals surface area contributed by atoms with Crippen molar-refractivity contribution in [2.24, 2.45) is 10.2 Å². The van der Waals surface area contributed by atoms with Gasteiger partial charge in [0.05, 0.1) is 0 Å². The molecule has 0 radical (unpaired) electrons. The van der Waals surface area contributed by atoms with Crippen molar-refractivity contribution >= 4 is 0 Å². The summed E-state index contributed by atoms with van der Waals surface area (Å²) in [4.78, 5) is 5.76. The highest BCUT2D eigenvalue weighted by molar-refractivity contribution is 5.62. The Labute approximate surface area is 166 Å². The number of rotatable bonds is 4. The Morgan fingerprint density at radius 3 is 1.90 bits per heavy atom. The Balaban J connectivity index is 1.95. The summed E-state index contributed by atoms with van der Waals surface area (Å²) in [5, 5.41) is 38.0. The van der Waals surface area contributed by atoms with Crippen molar-refractivity contribution in [1.29, 1.82) is 0 Å². The largest absolute Gasteiger partial charge is 0.508 e. The number of aryl methyl sites for hydroxylation is 1. The highest BCUT2D eigenvalue weighted by Gasteiger charge is 2.51. The molecule has 2 aromatic rings. The lowest BCUT2D eigenvalue weighted by Crippen LogP contribution is -2.22. The predicted molar refractivity (Wildman–Crippen MR) is 106 cm³/mol. The molecule has 29 heavy (non-hydrogen) atoms. The lowest BCUT2D eigenvalue weighted by Gasteiger charge is -2.28. The number of hydrogen-bond acceptors (Lipinski definition) is 5. The van der Waals surface area contributed by atoms with E-state index < -0.39 is 5.41 Å². The van der Waals surface area contributed by atoms with Crippen LogP contribution in [0.4, 0.5) is 0 Å². The quantitative estimate of drug-likeness (QED) is 0.290. The molecule has 0 aromatic heterocycles. The van der Waals surface area contributed by atoms with Gasteiger partial charge in [0.2, 0.25) is 0 Å². The number of azide groups is 2. The SMILES string of the molecule is Cc1cc2c(cc1O)C(CN=[N+]=[N-])CC21CC(CN=[N+]=[N-])c2cc(O)c(O)cc21. The molecule has 0 bridgehead atoms. The van der Waals surface area contributed by atoms with Crippen LogP contribution in [0.2, 0.25) is 0 Å². The number of benzene rings is 2. The summed E-state index contributed by atoms with van der Waals surface area (Å²) in [5.74, 6) is -0.438. The number of phenols is 3. The third-order valence-corrected chi connectivity index (χ3v) is 6.35. The molecule has 0 amide bonds. The van der Waals surface area contributed by atoms with Crippen molar-refractivity contribution in [2.75, 3.05) is 13.1 Å². The molecule has 148 valence electrons. The normalized spacial score (nSPS) is 23.9. The van der Waals surface area contributed by atoms with E-state index in [2.05, 4.69) is 20.1 Å². The summed E-state index contributed by atoms with van der Waals surface area (Å²) < 4.78 is 0. The van der Waals surface area contributed by atoms with Crippen molar-refractivity contribution in [2.45, 2.75) is 37.0 Å². The lowest BCUT2D eigenvalue weighted by molar-refractivity contribution is 0.401. The first kappa shape index (κ1) is 18.8. The number of nitrogens with zero attached hydrogens (tertiary/aromatic N) is 6. The van der Waals surface area contributed by atoms with Crippen LogP contribution in [0, 0.1) is 6.92 Å². The van der Waals surface area contributed by atoms with E-state index in [0.29, 0.717) is 12.8 Å². The molecule has 0 heterocycles. The first-order chi connectivity index (χ1) is 13.9. The van der Waals surface area contributed by atoms with E-state index in [1.807, 2.05) is 13.0 Å². The van der Waals surface area contributed by atoms with Crippen LogP contribution in [0.1, 0.15) is 52.5 Å². The van der Waals surface area contributed by atoms with Crippen molar-refractivity contribution in [1.82, 2.24) is 0 Å². The van der Waals surface area contributed by atoms with Gasteiger partial charge >= 0.3 is 0 Å².